The van der Waals surface area contributed by atoms with Crippen molar-refractivity contribution in [2.24, 2.45) is 0 Å². The molecule has 2 rings (SSSR count). The molecule has 3 heteroatoms. The minimum absolute atomic E-state index is 0.396. The first-order valence-electron chi connectivity index (χ1n) is 4.89. The number of aryl methyl sites for hydroxylation is 1. The second-order valence-corrected chi connectivity index (χ2v) is 3.47. The number of carbonyl (C=O) groups is 1. The molecule has 0 saturated heterocycles. The fourth-order valence-electron chi connectivity index (χ4n) is 1.36. The minimum atomic E-state index is -0.833. The van der Waals surface area contributed by atoms with Crippen LogP contribution in [0.5, 0.6) is 5.75 Å². The van der Waals surface area contributed by atoms with E-state index >= 15 is 0 Å². The van der Waals surface area contributed by atoms with Gasteiger partial charge in [0.25, 0.3) is 5.97 Å². The number of aromatic hydroxyl groups is 1. The molecule has 0 aliphatic rings. The second-order valence-electron chi connectivity index (χ2n) is 3.47. The van der Waals surface area contributed by atoms with Crippen molar-refractivity contribution < 1.29 is 15.0 Å². The van der Waals surface area contributed by atoms with Crippen LogP contribution in [0.3, 0.4) is 0 Å². The number of phenols is 1. The Morgan fingerprint density at radius 2 is 1.69 bits per heavy atom. The Labute approximate surface area is 94.0 Å². The molecule has 0 bridgehead atoms. The Morgan fingerprint density at radius 1 is 1.12 bits per heavy atom. The number of carboxylic acid groups (broad SMARTS) is 1. The van der Waals surface area contributed by atoms with Gasteiger partial charge in [-0.2, -0.15) is 0 Å². The van der Waals surface area contributed by atoms with Crippen LogP contribution < -0.4 is 0 Å². The number of phenolic OH excluding ortho intramolecular Hbond substituents is 1. The topological polar surface area (TPSA) is 57.5 Å². The zero-order valence-corrected chi connectivity index (χ0v) is 9.27. The van der Waals surface area contributed by atoms with Crippen LogP contribution >= 0.6 is 0 Å². The van der Waals surface area contributed by atoms with E-state index in [-0.39, 0.29) is 0 Å². The highest BCUT2D eigenvalue weighted by molar-refractivity contribution is 5.89. The standard InChI is InChI=1S/C11H10O.C2H4O2/c1-8-6-7-9-4-2-3-5-10(9)11(8)12;1-2(3)4/h2-7,12H,1H3;1H3,(H,3,4). The summed E-state index contributed by atoms with van der Waals surface area (Å²) in [5.74, 6) is -0.437. The summed E-state index contributed by atoms with van der Waals surface area (Å²) in [5.41, 5.74) is 0.925. The largest absolute Gasteiger partial charge is 0.507 e. The quantitative estimate of drug-likeness (QED) is 0.714. The lowest BCUT2D eigenvalue weighted by atomic mass is 10.1. The van der Waals surface area contributed by atoms with E-state index in [1.54, 1.807) is 0 Å². The third kappa shape index (κ3) is 2.98. The molecule has 0 saturated carbocycles. The first kappa shape index (κ1) is 12.0. The molecule has 84 valence electrons. The third-order valence-corrected chi connectivity index (χ3v) is 2.10. The molecular formula is C13H14O3. The Morgan fingerprint density at radius 3 is 2.31 bits per heavy atom. The highest BCUT2D eigenvalue weighted by atomic mass is 16.4. The van der Waals surface area contributed by atoms with Gasteiger partial charge in [0.15, 0.2) is 0 Å². The van der Waals surface area contributed by atoms with Gasteiger partial charge in [0.05, 0.1) is 0 Å². The molecule has 0 spiro atoms. The van der Waals surface area contributed by atoms with Crippen molar-refractivity contribution >= 4 is 16.7 Å². The summed E-state index contributed by atoms with van der Waals surface area (Å²) in [4.78, 5) is 9.00. The maximum absolute atomic E-state index is 9.66. The average molecular weight is 218 g/mol. The predicted molar refractivity (Wildman–Crippen MR) is 63.7 cm³/mol. The Hall–Kier alpha value is -2.03. The van der Waals surface area contributed by atoms with Crippen molar-refractivity contribution in [2.45, 2.75) is 13.8 Å². The molecule has 0 aliphatic heterocycles. The van der Waals surface area contributed by atoms with Gasteiger partial charge in [0.2, 0.25) is 0 Å². The molecule has 0 aliphatic carbocycles. The number of fused-ring (bicyclic) bond motifs is 1. The first-order valence-corrected chi connectivity index (χ1v) is 4.89. The molecule has 2 aromatic carbocycles. The van der Waals surface area contributed by atoms with Crippen LogP contribution in [0.1, 0.15) is 12.5 Å². The minimum Gasteiger partial charge on any atom is -0.507 e. The number of carboxylic acids is 1. The maximum Gasteiger partial charge on any atom is 0.300 e. The number of hydrogen-bond donors (Lipinski definition) is 2. The molecule has 0 radical (unpaired) electrons. The third-order valence-electron chi connectivity index (χ3n) is 2.10. The van der Waals surface area contributed by atoms with Crippen molar-refractivity contribution in [3.8, 4) is 5.75 Å². The lowest BCUT2D eigenvalue weighted by Crippen LogP contribution is -1.78. The Bertz CT molecular complexity index is 500. The van der Waals surface area contributed by atoms with E-state index < -0.39 is 5.97 Å². The molecule has 0 fully saturated rings. The van der Waals surface area contributed by atoms with Gasteiger partial charge in [-0.3, -0.25) is 4.79 Å². The van der Waals surface area contributed by atoms with E-state index in [1.807, 2.05) is 43.3 Å². The second kappa shape index (κ2) is 5.16. The van der Waals surface area contributed by atoms with E-state index in [0.29, 0.717) is 5.75 Å². The van der Waals surface area contributed by atoms with Crippen molar-refractivity contribution in [2.75, 3.05) is 0 Å². The van der Waals surface area contributed by atoms with E-state index in [9.17, 15) is 5.11 Å². The van der Waals surface area contributed by atoms with Gasteiger partial charge in [-0.05, 0) is 17.9 Å². The summed E-state index contributed by atoms with van der Waals surface area (Å²) in [5, 5.41) is 19.1. The van der Waals surface area contributed by atoms with Gasteiger partial charge in [0, 0.05) is 12.3 Å². The lowest BCUT2D eigenvalue weighted by Gasteiger charge is -2.02. The molecular weight excluding hydrogens is 204 g/mol. The number of rotatable bonds is 0. The van der Waals surface area contributed by atoms with E-state index in [2.05, 4.69) is 0 Å². The van der Waals surface area contributed by atoms with E-state index in [4.69, 9.17) is 9.90 Å². The van der Waals surface area contributed by atoms with Crippen LogP contribution in [0, 0.1) is 6.92 Å². The molecule has 3 nitrogen and oxygen atoms in total. The van der Waals surface area contributed by atoms with Gasteiger partial charge in [0.1, 0.15) is 5.75 Å². The Balaban J connectivity index is 0.000000280. The van der Waals surface area contributed by atoms with Gasteiger partial charge >= 0.3 is 0 Å². The van der Waals surface area contributed by atoms with E-state index in [1.165, 1.54) is 0 Å². The molecule has 2 N–H and O–H groups in total. The van der Waals surface area contributed by atoms with Crippen LogP contribution in [0.2, 0.25) is 0 Å². The summed E-state index contributed by atoms with van der Waals surface area (Å²) in [7, 11) is 0. The number of aliphatic carboxylic acids is 1. The van der Waals surface area contributed by atoms with Gasteiger partial charge in [-0.1, -0.05) is 36.4 Å². The van der Waals surface area contributed by atoms with Crippen LogP contribution in [0.15, 0.2) is 36.4 Å². The highest BCUT2D eigenvalue weighted by Crippen LogP contribution is 2.27. The summed E-state index contributed by atoms with van der Waals surface area (Å²) in [6.07, 6.45) is 0. The fourth-order valence-corrected chi connectivity index (χ4v) is 1.36. The van der Waals surface area contributed by atoms with Crippen molar-refractivity contribution in [1.29, 1.82) is 0 Å². The van der Waals surface area contributed by atoms with Crippen LogP contribution in [-0.4, -0.2) is 16.2 Å². The lowest BCUT2D eigenvalue weighted by molar-refractivity contribution is -0.134. The van der Waals surface area contributed by atoms with Crippen molar-refractivity contribution in [1.82, 2.24) is 0 Å². The molecule has 0 unspecified atom stereocenters. The fraction of sp³-hybridized carbons (Fsp3) is 0.154. The number of benzene rings is 2. The summed E-state index contributed by atoms with van der Waals surface area (Å²) in [6.45, 7) is 2.99. The van der Waals surface area contributed by atoms with E-state index in [0.717, 1.165) is 23.3 Å². The zero-order valence-electron chi connectivity index (χ0n) is 9.27. The monoisotopic (exact) mass is 218 g/mol. The molecule has 0 aromatic heterocycles. The van der Waals surface area contributed by atoms with Gasteiger partial charge in [-0.15, -0.1) is 0 Å². The SMILES string of the molecule is CC(=O)O.Cc1ccc2ccccc2c1O. The zero-order chi connectivity index (χ0) is 12.1. The Kier molecular flexibility index (Phi) is 3.89. The molecule has 16 heavy (non-hydrogen) atoms. The van der Waals surface area contributed by atoms with Gasteiger partial charge in [-0.25, -0.2) is 0 Å². The molecule has 2 aromatic rings. The van der Waals surface area contributed by atoms with Crippen LogP contribution in [-0.2, 0) is 4.79 Å². The summed E-state index contributed by atoms with van der Waals surface area (Å²) in [6, 6.07) is 11.8. The predicted octanol–water partition coefficient (Wildman–Crippen LogP) is 2.94. The molecule has 0 atom stereocenters. The first-order chi connectivity index (χ1) is 7.52. The summed E-state index contributed by atoms with van der Waals surface area (Å²) < 4.78 is 0. The van der Waals surface area contributed by atoms with Crippen molar-refractivity contribution in [3.63, 3.8) is 0 Å². The molecule has 0 heterocycles. The van der Waals surface area contributed by atoms with Gasteiger partial charge < -0.3 is 10.2 Å². The smallest absolute Gasteiger partial charge is 0.300 e. The average Bonchev–Trinajstić information content (AvgIpc) is 2.23. The van der Waals surface area contributed by atoms with Crippen LogP contribution in [0.25, 0.3) is 10.8 Å². The van der Waals surface area contributed by atoms with Crippen molar-refractivity contribution in [3.05, 3.63) is 42.0 Å². The normalized spacial score (nSPS) is 9.38. The van der Waals surface area contributed by atoms with Crippen LogP contribution in [0.4, 0.5) is 0 Å². The molecule has 0 amide bonds. The maximum atomic E-state index is 9.66. The number of hydrogen-bond acceptors (Lipinski definition) is 2. The summed E-state index contributed by atoms with van der Waals surface area (Å²) >= 11 is 0. The highest BCUT2D eigenvalue weighted by Gasteiger charge is 2.00.